The molecule has 0 spiro atoms. The van der Waals surface area contributed by atoms with Crippen LogP contribution in [0.3, 0.4) is 0 Å². The molecule has 7 aromatic carbocycles. The lowest BCUT2D eigenvalue weighted by Crippen LogP contribution is -2.06. The van der Waals surface area contributed by atoms with Crippen molar-refractivity contribution in [1.82, 2.24) is 15.0 Å². The molecule has 0 bridgehead atoms. The molecule has 0 saturated carbocycles. The van der Waals surface area contributed by atoms with E-state index in [0.29, 0.717) is 17.5 Å². The maximum Gasteiger partial charge on any atom is 0.167 e. The van der Waals surface area contributed by atoms with Crippen molar-refractivity contribution in [2.45, 2.75) is 6.42 Å². The first-order chi connectivity index (χ1) is 21.8. The minimum absolute atomic E-state index is 0.591. The van der Waals surface area contributed by atoms with Crippen LogP contribution in [-0.2, 0) is 6.42 Å². The van der Waals surface area contributed by atoms with Gasteiger partial charge in [0.05, 0.1) is 5.56 Å². The zero-order valence-corrected chi connectivity index (χ0v) is 23.7. The normalized spacial score (nSPS) is 12.2. The quantitative estimate of drug-likeness (QED) is 0.201. The second kappa shape index (κ2) is 9.85. The van der Waals surface area contributed by atoms with Gasteiger partial charge in [0.15, 0.2) is 17.5 Å². The first-order valence-electron chi connectivity index (χ1n) is 14.8. The van der Waals surface area contributed by atoms with Crippen molar-refractivity contribution in [2.75, 3.05) is 0 Å². The van der Waals surface area contributed by atoms with Crippen LogP contribution in [0.15, 0.2) is 140 Å². The highest BCUT2D eigenvalue weighted by atomic mass is 16.5. The Bertz CT molecular complexity index is 2360. The fourth-order valence-corrected chi connectivity index (χ4v) is 6.47. The van der Waals surface area contributed by atoms with Crippen LogP contribution in [-0.4, -0.2) is 15.0 Å². The van der Waals surface area contributed by atoms with Gasteiger partial charge >= 0.3 is 0 Å². The maximum absolute atomic E-state index is 6.50. The third-order valence-corrected chi connectivity index (χ3v) is 8.57. The molecule has 0 amide bonds. The van der Waals surface area contributed by atoms with Gasteiger partial charge in [-0.15, -0.1) is 0 Å². The largest absolute Gasteiger partial charge is 0.456 e. The van der Waals surface area contributed by atoms with Gasteiger partial charge in [-0.1, -0.05) is 121 Å². The van der Waals surface area contributed by atoms with E-state index in [0.717, 1.165) is 40.2 Å². The molecular weight excluding hydrogens is 538 g/mol. The van der Waals surface area contributed by atoms with Gasteiger partial charge in [0.25, 0.3) is 0 Å². The summed E-state index contributed by atoms with van der Waals surface area (Å²) in [7, 11) is 0. The van der Waals surface area contributed by atoms with Crippen LogP contribution in [0, 0.1) is 0 Å². The number of benzene rings is 7. The fourth-order valence-electron chi connectivity index (χ4n) is 6.47. The molecule has 0 atom stereocenters. The molecule has 4 nitrogen and oxygen atoms in total. The first kappa shape index (κ1) is 24.7. The SMILES string of the molecule is c1ccc(-c2nc(-c3ccc4c5ccccc5c5ccccc5c4c3)nc(-c3cccc4c3Oc3ccccc3C4)n2)cc1. The van der Waals surface area contributed by atoms with Crippen molar-refractivity contribution in [3.8, 4) is 45.7 Å². The number of ether oxygens (including phenoxy) is 1. The van der Waals surface area contributed by atoms with E-state index in [2.05, 4.69) is 91.0 Å². The van der Waals surface area contributed by atoms with Crippen LogP contribution >= 0.6 is 0 Å². The third-order valence-electron chi connectivity index (χ3n) is 8.57. The predicted molar refractivity (Wildman–Crippen MR) is 178 cm³/mol. The topological polar surface area (TPSA) is 47.9 Å². The van der Waals surface area contributed by atoms with E-state index in [-0.39, 0.29) is 0 Å². The standard InChI is InChI=1S/C40H25N3O/c1-2-11-25(12-3-1)38-41-39(43-40(42-38)34-19-10-14-27-23-26-13-4-9-20-36(26)44-37(27)34)28-21-22-33-31-17-6-5-15-29(31)30-16-7-8-18-32(30)35(33)24-28/h1-22,24H,23H2. The van der Waals surface area contributed by atoms with Gasteiger partial charge in [0.1, 0.15) is 11.5 Å². The smallest absolute Gasteiger partial charge is 0.167 e. The Labute approximate surface area is 254 Å². The molecule has 9 rings (SSSR count). The maximum atomic E-state index is 6.50. The zero-order chi connectivity index (χ0) is 29.0. The summed E-state index contributed by atoms with van der Waals surface area (Å²) < 4.78 is 6.50. The average molecular weight is 564 g/mol. The molecule has 2 heterocycles. The van der Waals surface area contributed by atoms with Crippen LogP contribution < -0.4 is 4.74 Å². The fraction of sp³-hybridized carbons (Fsp3) is 0.0250. The second-order valence-corrected chi connectivity index (χ2v) is 11.2. The zero-order valence-electron chi connectivity index (χ0n) is 23.7. The molecule has 4 heteroatoms. The molecule has 44 heavy (non-hydrogen) atoms. The van der Waals surface area contributed by atoms with E-state index in [1.54, 1.807) is 0 Å². The molecule has 0 fully saturated rings. The van der Waals surface area contributed by atoms with Crippen LogP contribution in [0.25, 0.3) is 66.5 Å². The lowest BCUT2D eigenvalue weighted by molar-refractivity contribution is 0.461. The van der Waals surface area contributed by atoms with E-state index >= 15 is 0 Å². The number of hydrogen-bond donors (Lipinski definition) is 0. The summed E-state index contributed by atoms with van der Waals surface area (Å²) in [5.41, 5.74) is 5.03. The molecule has 1 aliphatic rings. The van der Waals surface area contributed by atoms with E-state index in [1.165, 1.54) is 37.9 Å². The number of aromatic nitrogens is 3. The van der Waals surface area contributed by atoms with Crippen molar-refractivity contribution in [2.24, 2.45) is 0 Å². The highest BCUT2D eigenvalue weighted by Gasteiger charge is 2.23. The monoisotopic (exact) mass is 563 g/mol. The lowest BCUT2D eigenvalue weighted by atomic mass is 9.93. The minimum atomic E-state index is 0.591. The van der Waals surface area contributed by atoms with Crippen molar-refractivity contribution < 1.29 is 4.74 Å². The van der Waals surface area contributed by atoms with Crippen LogP contribution in [0.1, 0.15) is 11.1 Å². The summed E-state index contributed by atoms with van der Waals surface area (Å²) in [6, 6.07) is 48.3. The van der Waals surface area contributed by atoms with Gasteiger partial charge in [0, 0.05) is 23.1 Å². The van der Waals surface area contributed by atoms with Gasteiger partial charge in [-0.25, -0.2) is 15.0 Å². The van der Waals surface area contributed by atoms with Crippen molar-refractivity contribution in [3.05, 3.63) is 151 Å². The van der Waals surface area contributed by atoms with Crippen LogP contribution in [0.2, 0.25) is 0 Å². The molecule has 0 saturated heterocycles. The van der Waals surface area contributed by atoms with Crippen LogP contribution in [0.5, 0.6) is 11.5 Å². The van der Waals surface area contributed by atoms with Crippen molar-refractivity contribution in [3.63, 3.8) is 0 Å². The predicted octanol–water partition coefficient (Wildman–Crippen LogP) is 10.0. The molecule has 8 aromatic rings. The number of para-hydroxylation sites is 2. The van der Waals surface area contributed by atoms with Gasteiger partial charge in [0.2, 0.25) is 0 Å². The third kappa shape index (κ3) is 3.96. The molecule has 1 aliphatic heterocycles. The number of rotatable bonds is 3. The summed E-state index contributed by atoms with van der Waals surface area (Å²) in [5.74, 6) is 3.52. The summed E-state index contributed by atoms with van der Waals surface area (Å²) in [6.45, 7) is 0. The highest BCUT2D eigenvalue weighted by Crippen LogP contribution is 2.43. The number of fused-ring (bicyclic) bond motifs is 8. The molecular formula is C40H25N3O. The van der Waals surface area contributed by atoms with Crippen molar-refractivity contribution >= 4 is 32.3 Å². The van der Waals surface area contributed by atoms with Gasteiger partial charge in [-0.2, -0.15) is 0 Å². The Balaban J connectivity index is 1.27. The molecule has 1 aromatic heterocycles. The average Bonchev–Trinajstić information content (AvgIpc) is 3.10. The molecule has 0 N–H and O–H groups in total. The Morgan fingerprint density at radius 2 is 0.977 bits per heavy atom. The van der Waals surface area contributed by atoms with Crippen molar-refractivity contribution in [1.29, 1.82) is 0 Å². The number of hydrogen-bond acceptors (Lipinski definition) is 4. The minimum Gasteiger partial charge on any atom is -0.456 e. The Morgan fingerprint density at radius 3 is 1.73 bits per heavy atom. The summed E-state index contributed by atoms with van der Waals surface area (Å²) in [6.07, 6.45) is 0.800. The Morgan fingerprint density at radius 1 is 0.409 bits per heavy atom. The van der Waals surface area contributed by atoms with Gasteiger partial charge in [-0.05, 0) is 56.1 Å². The highest BCUT2D eigenvalue weighted by molar-refractivity contribution is 6.25. The van der Waals surface area contributed by atoms with E-state index in [9.17, 15) is 0 Å². The second-order valence-electron chi connectivity index (χ2n) is 11.2. The Hall–Kier alpha value is -5.87. The number of nitrogens with zero attached hydrogens (tertiary/aromatic N) is 3. The lowest BCUT2D eigenvalue weighted by Gasteiger charge is -2.22. The van der Waals surface area contributed by atoms with Crippen LogP contribution in [0.4, 0.5) is 0 Å². The summed E-state index contributed by atoms with van der Waals surface area (Å²) in [5, 5.41) is 7.34. The molecule has 206 valence electrons. The van der Waals surface area contributed by atoms with Gasteiger partial charge in [-0.3, -0.25) is 0 Å². The first-order valence-corrected chi connectivity index (χ1v) is 14.8. The summed E-state index contributed by atoms with van der Waals surface area (Å²) in [4.78, 5) is 15.2. The van der Waals surface area contributed by atoms with E-state index < -0.39 is 0 Å². The van der Waals surface area contributed by atoms with E-state index in [1.807, 2.05) is 48.5 Å². The van der Waals surface area contributed by atoms with Gasteiger partial charge < -0.3 is 4.74 Å². The summed E-state index contributed by atoms with van der Waals surface area (Å²) >= 11 is 0. The molecule has 0 radical (unpaired) electrons. The Kier molecular flexibility index (Phi) is 5.53. The molecule has 0 unspecified atom stereocenters. The molecule has 0 aliphatic carbocycles. The van der Waals surface area contributed by atoms with E-state index in [4.69, 9.17) is 19.7 Å².